The number of aromatic nitrogens is 2. The number of rotatable bonds is 5. The molecule has 3 aromatic rings. The largest absolute Gasteiger partial charge is 0.467 e. The molecule has 118 valence electrons. The van der Waals surface area contributed by atoms with E-state index in [1.165, 1.54) is 0 Å². The molecule has 0 aliphatic rings. The molecule has 0 saturated heterocycles. The van der Waals surface area contributed by atoms with Gasteiger partial charge in [0, 0.05) is 19.9 Å². The van der Waals surface area contributed by atoms with E-state index in [0.717, 1.165) is 5.76 Å². The second-order valence-electron chi connectivity index (χ2n) is 5.36. The number of hydrogen-bond donors (Lipinski definition) is 1. The SMILES string of the molecule is CN(Cc1ccco1)C(=O)CCc1nc2ccccc2c(=O)[nH]1. The fourth-order valence-corrected chi connectivity index (χ4v) is 2.39. The molecule has 0 atom stereocenters. The van der Waals surface area contributed by atoms with Crippen molar-refractivity contribution >= 4 is 16.8 Å². The van der Waals surface area contributed by atoms with Crippen molar-refractivity contribution in [2.45, 2.75) is 19.4 Å². The van der Waals surface area contributed by atoms with Gasteiger partial charge in [0.2, 0.25) is 5.91 Å². The van der Waals surface area contributed by atoms with E-state index >= 15 is 0 Å². The van der Waals surface area contributed by atoms with E-state index < -0.39 is 0 Å². The smallest absolute Gasteiger partial charge is 0.258 e. The Balaban J connectivity index is 1.66. The zero-order valence-electron chi connectivity index (χ0n) is 12.8. The lowest BCUT2D eigenvalue weighted by atomic mass is 10.2. The zero-order valence-corrected chi connectivity index (χ0v) is 12.8. The molecule has 0 spiro atoms. The number of H-pyrrole nitrogens is 1. The number of nitrogens with zero attached hydrogens (tertiary/aromatic N) is 2. The molecule has 1 aromatic carbocycles. The van der Waals surface area contributed by atoms with E-state index in [9.17, 15) is 9.59 Å². The van der Waals surface area contributed by atoms with Gasteiger partial charge in [-0.15, -0.1) is 0 Å². The van der Waals surface area contributed by atoms with Gasteiger partial charge in [-0.05, 0) is 24.3 Å². The number of carbonyl (C=O) groups excluding carboxylic acids is 1. The van der Waals surface area contributed by atoms with Crippen molar-refractivity contribution in [3.8, 4) is 0 Å². The van der Waals surface area contributed by atoms with Gasteiger partial charge in [-0.1, -0.05) is 12.1 Å². The number of aryl methyl sites for hydroxylation is 1. The van der Waals surface area contributed by atoms with Crippen LogP contribution < -0.4 is 5.56 Å². The van der Waals surface area contributed by atoms with Gasteiger partial charge >= 0.3 is 0 Å². The Kier molecular flexibility index (Phi) is 4.23. The summed E-state index contributed by atoms with van der Waals surface area (Å²) in [6.45, 7) is 0.424. The van der Waals surface area contributed by atoms with Crippen LogP contribution in [0.3, 0.4) is 0 Å². The van der Waals surface area contributed by atoms with Crippen LogP contribution in [0.1, 0.15) is 18.0 Å². The van der Waals surface area contributed by atoms with Gasteiger partial charge in [-0.3, -0.25) is 9.59 Å². The molecule has 3 rings (SSSR count). The number of carbonyl (C=O) groups is 1. The molecule has 0 unspecified atom stereocenters. The monoisotopic (exact) mass is 311 g/mol. The van der Waals surface area contributed by atoms with Crippen molar-refractivity contribution in [3.63, 3.8) is 0 Å². The first-order valence-electron chi connectivity index (χ1n) is 7.38. The number of benzene rings is 1. The summed E-state index contributed by atoms with van der Waals surface area (Å²) in [5.74, 6) is 1.23. The van der Waals surface area contributed by atoms with E-state index in [1.54, 1.807) is 42.5 Å². The van der Waals surface area contributed by atoms with Crippen LogP contribution in [0.4, 0.5) is 0 Å². The highest BCUT2D eigenvalue weighted by atomic mass is 16.3. The van der Waals surface area contributed by atoms with Crippen molar-refractivity contribution in [3.05, 3.63) is 64.6 Å². The highest BCUT2D eigenvalue weighted by molar-refractivity contribution is 5.78. The van der Waals surface area contributed by atoms with Gasteiger partial charge in [-0.25, -0.2) is 4.98 Å². The van der Waals surface area contributed by atoms with Gasteiger partial charge in [0.25, 0.3) is 5.56 Å². The number of nitrogens with one attached hydrogen (secondary N) is 1. The van der Waals surface area contributed by atoms with Crippen LogP contribution >= 0.6 is 0 Å². The van der Waals surface area contributed by atoms with Crippen molar-refractivity contribution in [2.24, 2.45) is 0 Å². The van der Waals surface area contributed by atoms with Crippen LogP contribution in [0.2, 0.25) is 0 Å². The van der Waals surface area contributed by atoms with Gasteiger partial charge in [0.05, 0.1) is 23.7 Å². The summed E-state index contributed by atoms with van der Waals surface area (Å²) in [5.41, 5.74) is 0.463. The molecular weight excluding hydrogens is 294 g/mol. The summed E-state index contributed by atoms with van der Waals surface area (Å²) in [5, 5.41) is 0.553. The molecule has 6 nitrogen and oxygen atoms in total. The number of para-hydroxylation sites is 1. The summed E-state index contributed by atoms with van der Waals surface area (Å²) < 4.78 is 5.23. The number of amides is 1. The molecule has 2 aromatic heterocycles. The van der Waals surface area contributed by atoms with E-state index in [-0.39, 0.29) is 17.9 Å². The lowest BCUT2D eigenvalue weighted by Crippen LogP contribution is -2.26. The Hall–Kier alpha value is -2.89. The first-order valence-corrected chi connectivity index (χ1v) is 7.38. The molecule has 1 N–H and O–H groups in total. The van der Waals surface area contributed by atoms with Crippen molar-refractivity contribution in [1.82, 2.24) is 14.9 Å². The Labute approximate surface area is 132 Å². The summed E-state index contributed by atoms with van der Waals surface area (Å²) in [4.78, 5) is 32.9. The molecule has 0 aliphatic heterocycles. The fraction of sp³-hybridized carbons (Fsp3) is 0.235. The number of hydrogen-bond acceptors (Lipinski definition) is 4. The van der Waals surface area contributed by atoms with Crippen LogP contribution in [-0.2, 0) is 17.8 Å². The first kappa shape index (κ1) is 15.0. The third-order valence-electron chi connectivity index (χ3n) is 3.64. The average Bonchev–Trinajstić information content (AvgIpc) is 3.05. The molecule has 0 radical (unpaired) electrons. The lowest BCUT2D eigenvalue weighted by molar-refractivity contribution is -0.130. The van der Waals surface area contributed by atoms with Crippen LogP contribution in [0.5, 0.6) is 0 Å². The Bertz CT molecular complexity index is 868. The van der Waals surface area contributed by atoms with Crippen LogP contribution in [0, 0.1) is 0 Å². The summed E-state index contributed by atoms with van der Waals surface area (Å²) in [6, 6.07) is 10.8. The Morgan fingerprint density at radius 1 is 1.26 bits per heavy atom. The van der Waals surface area contributed by atoms with E-state index in [1.807, 2.05) is 12.1 Å². The molecule has 0 saturated carbocycles. The molecular formula is C17H17N3O3. The molecule has 23 heavy (non-hydrogen) atoms. The minimum atomic E-state index is -0.179. The fourth-order valence-electron chi connectivity index (χ4n) is 2.39. The molecule has 2 heterocycles. The maximum Gasteiger partial charge on any atom is 0.258 e. The van der Waals surface area contributed by atoms with E-state index in [4.69, 9.17) is 4.42 Å². The second kappa shape index (κ2) is 6.48. The van der Waals surface area contributed by atoms with E-state index in [0.29, 0.717) is 29.7 Å². The third-order valence-corrected chi connectivity index (χ3v) is 3.64. The second-order valence-corrected chi connectivity index (χ2v) is 5.36. The minimum Gasteiger partial charge on any atom is -0.467 e. The molecule has 6 heteroatoms. The van der Waals surface area contributed by atoms with E-state index in [2.05, 4.69) is 9.97 Å². The predicted octanol–water partition coefficient (Wildman–Crippen LogP) is 2.11. The van der Waals surface area contributed by atoms with Crippen molar-refractivity contribution in [1.29, 1.82) is 0 Å². The van der Waals surface area contributed by atoms with Gasteiger partial charge < -0.3 is 14.3 Å². The lowest BCUT2D eigenvalue weighted by Gasteiger charge is -2.15. The van der Waals surface area contributed by atoms with Crippen LogP contribution in [0.15, 0.2) is 51.9 Å². The zero-order chi connectivity index (χ0) is 16.2. The Morgan fingerprint density at radius 3 is 2.87 bits per heavy atom. The third kappa shape index (κ3) is 3.48. The Morgan fingerprint density at radius 2 is 2.09 bits per heavy atom. The van der Waals surface area contributed by atoms with Crippen LogP contribution in [0.25, 0.3) is 10.9 Å². The maximum absolute atomic E-state index is 12.2. The number of aromatic amines is 1. The predicted molar refractivity (Wildman–Crippen MR) is 85.9 cm³/mol. The van der Waals surface area contributed by atoms with Gasteiger partial charge in [0.15, 0.2) is 0 Å². The van der Waals surface area contributed by atoms with Crippen LogP contribution in [-0.4, -0.2) is 27.8 Å². The highest BCUT2D eigenvalue weighted by Gasteiger charge is 2.12. The summed E-state index contributed by atoms with van der Waals surface area (Å²) in [6.07, 6.45) is 2.25. The van der Waals surface area contributed by atoms with Crippen molar-refractivity contribution < 1.29 is 9.21 Å². The molecule has 0 bridgehead atoms. The minimum absolute atomic E-state index is 0.0304. The summed E-state index contributed by atoms with van der Waals surface area (Å²) >= 11 is 0. The number of furan rings is 1. The quantitative estimate of drug-likeness (QED) is 0.782. The number of fused-ring (bicyclic) bond motifs is 1. The highest BCUT2D eigenvalue weighted by Crippen LogP contribution is 2.08. The normalized spacial score (nSPS) is 10.8. The van der Waals surface area contributed by atoms with Gasteiger partial charge in [0.1, 0.15) is 11.6 Å². The average molecular weight is 311 g/mol. The molecule has 1 amide bonds. The van der Waals surface area contributed by atoms with Crippen molar-refractivity contribution in [2.75, 3.05) is 7.05 Å². The summed E-state index contributed by atoms with van der Waals surface area (Å²) in [7, 11) is 1.72. The first-order chi connectivity index (χ1) is 11.1. The topological polar surface area (TPSA) is 79.2 Å². The molecule has 0 fully saturated rings. The maximum atomic E-state index is 12.2. The van der Waals surface area contributed by atoms with Gasteiger partial charge in [-0.2, -0.15) is 0 Å². The standard InChI is InChI=1S/C17H17N3O3/c1-20(11-12-5-4-10-23-12)16(21)9-8-15-18-14-7-3-2-6-13(14)17(22)19-15/h2-7,10H,8-9,11H2,1H3,(H,18,19,22). The molecule has 0 aliphatic carbocycles.